The van der Waals surface area contributed by atoms with Gasteiger partial charge in [0.25, 0.3) is 0 Å². The first-order valence-corrected chi connectivity index (χ1v) is 8.47. The third-order valence-electron chi connectivity index (χ3n) is 3.90. The Labute approximate surface area is 134 Å². The minimum Gasteiger partial charge on any atom is -0.349 e. The van der Waals surface area contributed by atoms with Crippen LogP contribution in [-0.4, -0.2) is 11.7 Å². The molecule has 1 aliphatic carbocycles. The smallest absolute Gasteiger partial charge is 0.230 e. The van der Waals surface area contributed by atoms with E-state index in [1.54, 1.807) is 18.2 Å². The Morgan fingerprint density at radius 2 is 1.95 bits per heavy atom. The summed E-state index contributed by atoms with van der Waals surface area (Å²) in [5.74, 6) is -0.0853. The van der Waals surface area contributed by atoms with Gasteiger partial charge in [0.15, 0.2) is 0 Å². The second-order valence-electron chi connectivity index (χ2n) is 5.43. The molecule has 0 heterocycles. The van der Waals surface area contributed by atoms with E-state index in [0.29, 0.717) is 4.90 Å². The lowest BCUT2D eigenvalue weighted by atomic mass is 9.88. The number of carbonyl (C=O) groups is 1. The Morgan fingerprint density at radius 1 is 1.18 bits per heavy atom. The number of halogens is 1. The van der Waals surface area contributed by atoms with Crippen LogP contribution in [0.1, 0.15) is 30.0 Å². The number of benzene rings is 2. The van der Waals surface area contributed by atoms with Gasteiger partial charge in [0.1, 0.15) is 5.82 Å². The lowest BCUT2D eigenvalue weighted by Crippen LogP contribution is -2.32. The fourth-order valence-corrected chi connectivity index (χ4v) is 3.60. The zero-order chi connectivity index (χ0) is 15.4. The van der Waals surface area contributed by atoms with E-state index in [-0.39, 0.29) is 23.5 Å². The van der Waals surface area contributed by atoms with Crippen molar-refractivity contribution in [1.82, 2.24) is 5.32 Å². The van der Waals surface area contributed by atoms with Crippen LogP contribution >= 0.6 is 11.8 Å². The molecule has 2 aromatic carbocycles. The molecule has 0 unspecified atom stereocenters. The summed E-state index contributed by atoms with van der Waals surface area (Å²) in [6.07, 6.45) is 3.13. The summed E-state index contributed by atoms with van der Waals surface area (Å²) >= 11 is 1.24. The first-order chi connectivity index (χ1) is 10.7. The van der Waals surface area contributed by atoms with E-state index in [1.807, 2.05) is 12.1 Å². The van der Waals surface area contributed by atoms with Crippen molar-refractivity contribution in [2.75, 3.05) is 5.75 Å². The van der Waals surface area contributed by atoms with Crippen molar-refractivity contribution in [2.24, 2.45) is 0 Å². The van der Waals surface area contributed by atoms with Crippen LogP contribution in [0.4, 0.5) is 4.39 Å². The monoisotopic (exact) mass is 315 g/mol. The highest BCUT2D eigenvalue weighted by Crippen LogP contribution is 2.29. The summed E-state index contributed by atoms with van der Waals surface area (Å²) in [6, 6.07) is 14.9. The Morgan fingerprint density at radius 3 is 2.82 bits per heavy atom. The van der Waals surface area contributed by atoms with Crippen LogP contribution in [0.3, 0.4) is 0 Å². The van der Waals surface area contributed by atoms with Crippen molar-refractivity contribution < 1.29 is 9.18 Å². The minimum atomic E-state index is -0.275. The summed E-state index contributed by atoms with van der Waals surface area (Å²) in [6.45, 7) is 0. The zero-order valence-electron chi connectivity index (χ0n) is 12.2. The Kier molecular flexibility index (Phi) is 4.78. The van der Waals surface area contributed by atoms with E-state index >= 15 is 0 Å². The van der Waals surface area contributed by atoms with E-state index in [9.17, 15) is 9.18 Å². The molecule has 1 aliphatic rings. The number of aryl methyl sites for hydroxylation is 1. The number of fused-ring (bicyclic) bond motifs is 1. The van der Waals surface area contributed by atoms with Gasteiger partial charge in [-0.2, -0.15) is 0 Å². The van der Waals surface area contributed by atoms with Crippen LogP contribution in [0.2, 0.25) is 0 Å². The van der Waals surface area contributed by atoms with Crippen molar-refractivity contribution >= 4 is 17.7 Å². The van der Waals surface area contributed by atoms with Gasteiger partial charge in [-0.15, -0.1) is 11.8 Å². The van der Waals surface area contributed by atoms with Gasteiger partial charge in [0, 0.05) is 4.90 Å². The summed E-state index contributed by atoms with van der Waals surface area (Å²) in [4.78, 5) is 12.7. The fourth-order valence-electron chi connectivity index (χ4n) is 2.84. The van der Waals surface area contributed by atoms with Crippen molar-refractivity contribution in [3.63, 3.8) is 0 Å². The number of hydrogen-bond acceptors (Lipinski definition) is 2. The molecule has 22 heavy (non-hydrogen) atoms. The number of hydrogen-bond donors (Lipinski definition) is 1. The van der Waals surface area contributed by atoms with Crippen LogP contribution < -0.4 is 5.32 Å². The highest BCUT2D eigenvalue weighted by molar-refractivity contribution is 8.00. The molecule has 4 heteroatoms. The van der Waals surface area contributed by atoms with E-state index in [2.05, 4.69) is 17.4 Å². The number of thioether (sulfide) groups is 1. The van der Waals surface area contributed by atoms with Crippen LogP contribution in [0.25, 0.3) is 0 Å². The molecular formula is C18H18FNOS. The molecular weight excluding hydrogens is 297 g/mol. The highest BCUT2D eigenvalue weighted by atomic mass is 32.2. The molecule has 114 valence electrons. The SMILES string of the molecule is O=C(CSc1ccccc1F)N[C@@H]1CCCc2ccccc21. The fraction of sp³-hybridized carbons (Fsp3) is 0.278. The van der Waals surface area contributed by atoms with Gasteiger partial charge >= 0.3 is 0 Å². The van der Waals surface area contributed by atoms with Gasteiger partial charge in [0.2, 0.25) is 5.91 Å². The molecule has 0 saturated heterocycles. The highest BCUT2D eigenvalue weighted by Gasteiger charge is 2.21. The standard InChI is InChI=1S/C18H18FNOS/c19-15-9-3-4-11-17(15)22-12-18(21)20-16-10-5-7-13-6-1-2-8-14(13)16/h1-4,6,8-9,11,16H,5,7,10,12H2,(H,20,21)/t16-/m1/s1. The van der Waals surface area contributed by atoms with E-state index in [0.717, 1.165) is 19.3 Å². The quantitative estimate of drug-likeness (QED) is 0.860. The van der Waals surface area contributed by atoms with Crippen molar-refractivity contribution in [1.29, 1.82) is 0 Å². The molecule has 1 atom stereocenters. The molecule has 0 radical (unpaired) electrons. The lowest BCUT2D eigenvalue weighted by Gasteiger charge is -2.26. The second-order valence-corrected chi connectivity index (χ2v) is 6.45. The largest absolute Gasteiger partial charge is 0.349 e. The molecule has 0 spiro atoms. The summed E-state index contributed by atoms with van der Waals surface area (Å²) in [5, 5.41) is 3.08. The molecule has 0 aromatic heterocycles. The molecule has 2 aromatic rings. The maximum absolute atomic E-state index is 13.5. The first kappa shape index (κ1) is 15.1. The average molecular weight is 315 g/mol. The van der Waals surface area contributed by atoms with Gasteiger partial charge in [-0.25, -0.2) is 4.39 Å². The molecule has 0 aliphatic heterocycles. The molecule has 0 saturated carbocycles. The van der Waals surface area contributed by atoms with Crippen molar-refractivity contribution in [2.45, 2.75) is 30.2 Å². The predicted molar refractivity (Wildman–Crippen MR) is 87.4 cm³/mol. The van der Waals surface area contributed by atoms with Crippen LogP contribution in [0, 0.1) is 5.82 Å². The van der Waals surface area contributed by atoms with E-state index in [4.69, 9.17) is 0 Å². The van der Waals surface area contributed by atoms with Crippen LogP contribution in [0.5, 0.6) is 0 Å². The summed E-state index contributed by atoms with van der Waals surface area (Å²) < 4.78 is 13.5. The number of carbonyl (C=O) groups excluding carboxylic acids is 1. The van der Waals surface area contributed by atoms with Gasteiger partial charge in [-0.1, -0.05) is 36.4 Å². The van der Waals surface area contributed by atoms with Crippen LogP contribution in [-0.2, 0) is 11.2 Å². The second kappa shape index (κ2) is 6.97. The molecule has 3 rings (SSSR count). The molecule has 0 bridgehead atoms. The predicted octanol–water partition coefficient (Wildman–Crippen LogP) is 4.11. The van der Waals surface area contributed by atoms with Crippen molar-refractivity contribution in [3.05, 3.63) is 65.5 Å². The maximum Gasteiger partial charge on any atom is 0.230 e. The topological polar surface area (TPSA) is 29.1 Å². The number of amides is 1. The Balaban J connectivity index is 1.60. The summed E-state index contributed by atoms with van der Waals surface area (Å²) in [7, 11) is 0. The summed E-state index contributed by atoms with van der Waals surface area (Å²) in [5.41, 5.74) is 2.54. The van der Waals surface area contributed by atoms with Crippen LogP contribution in [0.15, 0.2) is 53.4 Å². The lowest BCUT2D eigenvalue weighted by molar-refractivity contribution is -0.119. The Bertz CT molecular complexity index is 674. The van der Waals surface area contributed by atoms with Gasteiger partial charge < -0.3 is 5.32 Å². The number of nitrogens with one attached hydrogen (secondary N) is 1. The average Bonchev–Trinajstić information content (AvgIpc) is 2.54. The van der Waals surface area contributed by atoms with Gasteiger partial charge in [0.05, 0.1) is 11.8 Å². The number of rotatable bonds is 4. The third kappa shape index (κ3) is 3.50. The zero-order valence-corrected chi connectivity index (χ0v) is 13.0. The molecule has 1 N–H and O–H groups in total. The first-order valence-electron chi connectivity index (χ1n) is 7.48. The third-order valence-corrected chi connectivity index (χ3v) is 4.95. The maximum atomic E-state index is 13.5. The normalized spacial score (nSPS) is 16.9. The van der Waals surface area contributed by atoms with Gasteiger partial charge in [-0.05, 0) is 42.5 Å². The minimum absolute atomic E-state index is 0.0463. The van der Waals surface area contributed by atoms with Crippen molar-refractivity contribution in [3.8, 4) is 0 Å². The molecule has 2 nitrogen and oxygen atoms in total. The van der Waals surface area contributed by atoms with Gasteiger partial charge in [-0.3, -0.25) is 4.79 Å². The van der Waals surface area contributed by atoms with E-state index in [1.165, 1.54) is 29.0 Å². The van der Waals surface area contributed by atoms with E-state index < -0.39 is 0 Å². The Hall–Kier alpha value is -1.81. The molecule has 0 fully saturated rings. The molecule has 1 amide bonds.